The third-order valence-electron chi connectivity index (χ3n) is 8.83. The Kier molecular flexibility index (Phi) is 7.16. The number of hydrogen-bond donors (Lipinski definition) is 1. The van der Waals surface area contributed by atoms with Crippen molar-refractivity contribution in [1.82, 2.24) is 9.71 Å². The molecule has 2 aliphatic carbocycles. The molecule has 6 rings (SSSR count). The van der Waals surface area contributed by atoms with Crippen LogP contribution in [0.15, 0.2) is 34.7 Å². The molecule has 1 N–H and O–H groups in total. The third-order valence-corrected chi connectivity index (χ3v) is 11.7. The van der Waals surface area contributed by atoms with Crippen LogP contribution in [-0.2, 0) is 51.8 Å². The summed E-state index contributed by atoms with van der Waals surface area (Å²) in [6, 6.07) is 10.9. The number of thiazole rings is 1. The molecule has 1 spiro atoms. The summed E-state index contributed by atoms with van der Waals surface area (Å²) < 4.78 is 34.5. The molecule has 3 aliphatic rings. The van der Waals surface area contributed by atoms with Gasteiger partial charge in [0.05, 0.1) is 25.3 Å². The maximum absolute atomic E-state index is 13.3. The molecule has 40 heavy (non-hydrogen) atoms. The number of sulfonamides is 1. The van der Waals surface area contributed by atoms with Gasteiger partial charge in [-0.1, -0.05) is 52.0 Å². The number of aromatic nitrogens is 1. The number of rotatable bonds is 7. The SMILES string of the molecule is CC(C)c1cc(-c2ccc3c(c2)COCC3)cc(C(C)C)c1CC(=O)NS(=O)(=O)c1nc2c(s1)CCC1(CC1)C2. The molecule has 0 bridgehead atoms. The van der Waals surface area contributed by atoms with E-state index in [2.05, 4.69) is 67.7 Å². The van der Waals surface area contributed by atoms with Crippen molar-refractivity contribution in [1.29, 1.82) is 0 Å². The number of carbonyl (C=O) groups is 1. The quantitative estimate of drug-likeness (QED) is 0.348. The first-order valence-electron chi connectivity index (χ1n) is 14.4. The van der Waals surface area contributed by atoms with Crippen LogP contribution in [0, 0.1) is 5.41 Å². The Morgan fingerprint density at radius 1 is 1.00 bits per heavy atom. The Bertz CT molecular complexity index is 1550. The molecule has 0 saturated heterocycles. The van der Waals surface area contributed by atoms with E-state index in [0.29, 0.717) is 12.0 Å². The fourth-order valence-corrected chi connectivity index (χ4v) is 8.65. The predicted molar refractivity (Wildman–Crippen MR) is 158 cm³/mol. The topological polar surface area (TPSA) is 85.4 Å². The largest absolute Gasteiger partial charge is 0.376 e. The van der Waals surface area contributed by atoms with E-state index in [1.807, 2.05) is 0 Å². The smallest absolute Gasteiger partial charge is 0.291 e. The van der Waals surface area contributed by atoms with Crippen LogP contribution in [0.25, 0.3) is 11.1 Å². The first kappa shape index (κ1) is 27.6. The molecule has 2 aromatic carbocycles. The average Bonchev–Trinajstić information content (AvgIpc) is 3.51. The lowest BCUT2D eigenvalue weighted by Gasteiger charge is -2.23. The van der Waals surface area contributed by atoms with E-state index in [-0.39, 0.29) is 22.6 Å². The highest BCUT2D eigenvalue weighted by Crippen LogP contribution is 2.55. The summed E-state index contributed by atoms with van der Waals surface area (Å²) in [6.07, 6.45) is 6.21. The van der Waals surface area contributed by atoms with E-state index in [1.165, 1.54) is 35.3 Å². The van der Waals surface area contributed by atoms with Crippen molar-refractivity contribution in [2.45, 2.75) is 95.4 Å². The molecular formula is C32H38N2O4S2. The van der Waals surface area contributed by atoms with Crippen LogP contribution in [0.2, 0.25) is 0 Å². The summed E-state index contributed by atoms with van der Waals surface area (Å²) in [6.45, 7) is 9.87. The summed E-state index contributed by atoms with van der Waals surface area (Å²) in [5.41, 5.74) is 9.13. The van der Waals surface area contributed by atoms with E-state index in [4.69, 9.17) is 4.74 Å². The van der Waals surface area contributed by atoms with Gasteiger partial charge < -0.3 is 4.74 Å². The van der Waals surface area contributed by atoms with Crippen LogP contribution in [0.4, 0.5) is 0 Å². The van der Waals surface area contributed by atoms with Crippen molar-refractivity contribution in [2.24, 2.45) is 5.41 Å². The van der Waals surface area contributed by atoms with Gasteiger partial charge in [-0.2, -0.15) is 8.42 Å². The van der Waals surface area contributed by atoms with E-state index >= 15 is 0 Å². The number of benzene rings is 2. The Balaban J connectivity index is 1.27. The number of fused-ring (bicyclic) bond motifs is 2. The fourth-order valence-electron chi connectivity index (χ4n) is 6.29. The molecule has 8 heteroatoms. The second-order valence-electron chi connectivity index (χ2n) is 12.5. The van der Waals surface area contributed by atoms with Crippen LogP contribution in [0.3, 0.4) is 0 Å². The summed E-state index contributed by atoms with van der Waals surface area (Å²) in [4.78, 5) is 18.8. The van der Waals surface area contributed by atoms with Gasteiger partial charge in [-0.25, -0.2) is 9.71 Å². The van der Waals surface area contributed by atoms with E-state index in [1.54, 1.807) is 0 Å². The molecular weight excluding hydrogens is 540 g/mol. The molecule has 0 radical (unpaired) electrons. The number of hydrogen-bond acceptors (Lipinski definition) is 6. The number of nitrogens with one attached hydrogen (secondary N) is 1. The first-order valence-corrected chi connectivity index (χ1v) is 16.7. The van der Waals surface area contributed by atoms with E-state index in [9.17, 15) is 13.2 Å². The van der Waals surface area contributed by atoms with Crippen molar-refractivity contribution in [3.05, 3.63) is 68.7 Å². The highest BCUT2D eigenvalue weighted by Gasteiger charge is 2.46. The lowest BCUT2D eigenvalue weighted by atomic mass is 9.83. The van der Waals surface area contributed by atoms with Crippen molar-refractivity contribution < 1.29 is 17.9 Å². The highest BCUT2D eigenvalue weighted by molar-refractivity contribution is 7.92. The van der Waals surface area contributed by atoms with Gasteiger partial charge in [-0.05, 0) is 101 Å². The minimum atomic E-state index is -4.02. The second kappa shape index (κ2) is 10.4. The molecule has 0 atom stereocenters. The van der Waals surface area contributed by atoms with Gasteiger partial charge in [-0.3, -0.25) is 4.79 Å². The number of nitrogens with zero attached hydrogens (tertiary/aromatic N) is 1. The van der Waals surface area contributed by atoms with E-state index in [0.717, 1.165) is 70.7 Å². The molecule has 1 fully saturated rings. The standard InChI is InChI=1S/C32H38N2O4S2/c1-19(2)25-14-23(22-6-5-21-8-12-38-18-24(21)13-22)15-26(20(3)4)27(25)16-30(35)34-40(36,37)31-33-28-17-32(10-11-32)9-7-29(28)39-31/h5-6,13-15,19-20H,7-12,16-18H2,1-4H3,(H,34,35). The zero-order valence-electron chi connectivity index (χ0n) is 23.8. The monoisotopic (exact) mass is 578 g/mol. The fraction of sp³-hybridized carbons (Fsp3) is 0.500. The average molecular weight is 579 g/mol. The molecule has 1 aromatic heterocycles. The summed E-state index contributed by atoms with van der Waals surface area (Å²) >= 11 is 1.22. The Morgan fingerprint density at radius 2 is 1.73 bits per heavy atom. The molecule has 6 nitrogen and oxygen atoms in total. The van der Waals surface area contributed by atoms with Gasteiger partial charge in [-0.15, -0.1) is 11.3 Å². The number of ether oxygens (including phenoxy) is 1. The Morgan fingerprint density at radius 3 is 2.40 bits per heavy atom. The molecule has 1 saturated carbocycles. The highest BCUT2D eigenvalue weighted by atomic mass is 32.2. The minimum Gasteiger partial charge on any atom is -0.376 e. The molecule has 1 aliphatic heterocycles. The summed E-state index contributed by atoms with van der Waals surface area (Å²) in [5, 5.41) is 0. The molecule has 3 aromatic rings. The summed E-state index contributed by atoms with van der Waals surface area (Å²) in [7, 11) is -4.02. The van der Waals surface area contributed by atoms with Crippen molar-refractivity contribution in [3.8, 4) is 11.1 Å². The molecule has 212 valence electrons. The number of carbonyl (C=O) groups excluding carboxylic acids is 1. The second-order valence-corrected chi connectivity index (χ2v) is 15.4. The normalized spacial score (nSPS) is 17.6. The van der Waals surface area contributed by atoms with E-state index < -0.39 is 15.9 Å². The maximum Gasteiger partial charge on any atom is 0.291 e. The van der Waals surface area contributed by atoms with Gasteiger partial charge in [0.2, 0.25) is 10.2 Å². The van der Waals surface area contributed by atoms with Gasteiger partial charge in [0.15, 0.2) is 0 Å². The first-order chi connectivity index (χ1) is 19.0. The molecule has 1 amide bonds. The van der Waals surface area contributed by atoms with Gasteiger partial charge >= 0.3 is 0 Å². The number of aryl methyl sites for hydroxylation is 1. The van der Waals surface area contributed by atoms with Crippen molar-refractivity contribution in [2.75, 3.05) is 6.61 Å². The molecule has 0 unspecified atom stereocenters. The lowest BCUT2D eigenvalue weighted by Crippen LogP contribution is -2.32. The zero-order chi connectivity index (χ0) is 28.2. The van der Waals surface area contributed by atoms with Gasteiger partial charge in [0.25, 0.3) is 10.0 Å². The van der Waals surface area contributed by atoms with Crippen molar-refractivity contribution >= 4 is 27.3 Å². The third kappa shape index (κ3) is 5.38. The summed E-state index contributed by atoms with van der Waals surface area (Å²) in [5.74, 6) is -0.189. The van der Waals surface area contributed by atoms with Crippen LogP contribution in [-0.4, -0.2) is 25.9 Å². The van der Waals surface area contributed by atoms with Gasteiger partial charge in [0, 0.05) is 4.88 Å². The van der Waals surface area contributed by atoms with Crippen molar-refractivity contribution in [3.63, 3.8) is 0 Å². The van der Waals surface area contributed by atoms with Crippen LogP contribution < -0.4 is 4.72 Å². The zero-order valence-corrected chi connectivity index (χ0v) is 25.4. The Hall–Kier alpha value is -2.55. The lowest BCUT2D eigenvalue weighted by molar-refractivity contribution is -0.118. The van der Waals surface area contributed by atoms with Crippen LogP contribution in [0.1, 0.15) is 97.2 Å². The van der Waals surface area contributed by atoms with Crippen LogP contribution in [0.5, 0.6) is 0 Å². The maximum atomic E-state index is 13.3. The number of amides is 1. The molecule has 2 heterocycles. The predicted octanol–water partition coefficient (Wildman–Crippen LogP) is 6.45. The van der Waals surface area contributed by atoms with Gasteiger partial charge in [0.1, 0.15) is 0 Å². The van der Waals surface area contributed by atoms with Crippen LogP contribution >= 0.6 is 11.3 Å². The Labute approximate surface area is 241 Å². The minimum absolute atomic E-state index is 0.00671.